The van der Waals surface area contributed by atoms with Crippen molar-refractivity contribution in [2.24, 2.45) is 0 Å². The van der Waals surface area contributed by atoms with Crippen LogP contribution in [-0.2, 0) is 14.3 Å². The minimum absolute atomic E-state index is 0.254. The third-order valence-electron chi connectivity index (χ3n) is 3.39. The summed E-state index contributed by atoms with van der Waals surface area (Å²) in [7, 11) is 1.31. The van der Waals surface area contributed by atoms with Crippen LogP contribution in [0.15, 0.2) is 30.4 Å². The SMILES string of the molecule is C/C=C/C(=O)N(c1c(C)cccc1C)C(CCCl)C(=O)OC. The molecule has 0 aliphatic rings. The molecule has 0 fully saturated rings. The first kappa shape index (κ1) is 18.2. The van der Waals surface area contributed by atoms with Crippen molar-refractivity contribution in [2.45, 2.75) is 33.2 Å². The molecule has 0 aliphatic heterocycles. The van der Waals surface area contributed by atoms with Crippen LogP contribution in [0, 0.1) is 13.8 Å². The highest BCUT2D eigenvalue weighted by molar-refractivity contribution is 6.18. The molecule has 0 bridgehead atoms. The fourth-order valence-electron chi connectivity index (χ4n) is 2.42. The van der Waals surface area contributed by atoms with E-state index in [4.69, 9.17) is 16.3 Å². The van der Waals surface area contributed by atoms with Crippen molar-refractivity contribution >= 4 is 29.2 Å². The van der Waals surface area contributed by atoms with Crippen molar-refractivity contribution in [1.29, 1.82) is 0 Å². The minimum atomic E-state index is -0.744. The van der Waals surface area contributed by atoms with Crippen LogP contribution in [0.2, 0.25) is 0 Å². The topological polar surface area (TPSA) is 46.6 Å². The van der Waals surface area contributed by atoms with Crippen LogP contribution >= 0.6 is 11.6 Å². The number of aryl methyl sites for hydroxylation is 2. The number of carbonyl (C=O) groups is 2. The van der Waals surface area contributed by atoms with E-state index in [1.54, 1.807) is 13.0 Å². The number of anilines is 1. The molecule has 4 nitrogen and oxygen atoms in total. The van der Waals surface area contributed by atoms with Gasteiger partial charge >= 0.3 is 5.97 Å². The van der Waals surface area contributed by atoms with Crippen LogP contribution in [-0.4, -0.2) is 30.9 Å². The largest absolute Gasteiger partial charge is 0.467 e. The van der Waals surface area contributed by atoms with E-state index < -0.39 is 12.0 Å². The van der Waals surface area contributed by atoms with E-state index in [0.717, 1.165) is 16.8 Å². The summed E-state index contributed by atoms with van der Waals surface area (Å²) in [5.74, 6) is -0.480. The van der Waals surface area contributed by atoms with Gasteiger partial charge in [0.2, 0.25) is 0 Å². The maximum atomic E-state index is 12.6. The van der Waals surface area contributed by atoms with Crippen LogP contribution in [0.4, 0.5) is 5.69 Å². The predicted octanol–water partition coefficient (Wildman–Crippen LogP) is 3.38. The second-order valence-electron chi connectivity index (χ2n) is 4.97. The summed E-state index contributed by atoms with van der Waals surface area (Å²) < 4.78 is 4.86. The molecule has 1 aromatic rings. The van der Waals surface area contributed by atoms with Crippen LogP contribution in [0.25, 0.3) is 0 Å². The second kappa shape index (κ2) is 8.59. The fraction of sp³-hybridized carbons (Fsp3) is 0.412. The number of amides is 1. The summed E-state index contributed by atoms with van der Waals surface area (Å²) in [4.78, 5) is 26.2. The molecule has 0 saturated heterocycles. The molecule has 0 aliphatic carbocycles. The van der Waals surface area contributed by atoms with Gasteiger partial charge in [0.15, 0.2) is 0 Å². The Morgan fingerprint density at radius 3 is 2.36 bits per heavy atom. The third-order valence-corrected chi connectivity index (χ3v) is 3.61. The first-order chi connectivity index (χ1) is 10.5. The number of carbonyl (C=O) groups excluding carboxylic acids is 2. The highest BCUT2D eigenvalue weighted by Gasteiger charge is 2.32. The van der Waals surface area contributed by atoms with Gasteiger partial charge in [0.05, 0.1) is 12.8 Å². The molecule has 1 aromatic carbocycles. The standard InChI is InChI=1S/C17H22ClNO3/c1-5-7-15(20)19(14(10-11-18)17(21)22-4)16-12(2)8-6-9-13(16)3/h5-9,14H,10-11H2,1-4H3/b7-5+. The van der Waals surface area contributed by atoms with Crippen molar-refractivity contribution in [3.05, 3.63) is 41.5 Å². The Morgan fingerprint density at radius 2 is 1.91 bits per heavy atom. The van der Waals surface area contributed by atoms with E-state index in [1.165, 1.54) is 18.1 Å². The van der Waals surface area contributed by atoms with Gasteiger partial charge in [-0.3, -0.25) is 9.69 Å². The third kappa shape index (κ3) is 4.10. The molecule has 22 heavy (non-hydrogen) atoms. The summed E-state index contributed by atoms with van der Waals surface area (Å²) in [6, 6.07) is 4.99. The Hall–Kier alpha value is -1.81. The molecule has 0 N–H and O–H groups in total. The molecular formula is C17H22ClNO3. The number of esters is 1. The lowest BCUT2D eigenvalue weighted by Gasteiger charge is -2.31. The van der Waals surface area contributed by atoms with Crippen molar-refractivity contribution in [1.82, 2.24) is 0 Å². The van der Waals surface area contributed by atoms with Crippen LogP contribution in [0.3, 0.4) is 0 Å². The van der Waals surface area contributed by atoms with Crippen molar-refractivity contribution in [3.63, 3.8) is 0 Å². The van der Waals surface area contributed by atoms with E-state index in [0.29, 0.717) is 6.42 Å². The van der Waals surface area contributed by atoms with Crippen LogP contribution in [0.1, 0.15) is 24.5 Å². The van der Waals surface area contributed by atoms with Crippen molar-refractivity contribution < 1.29 is 14.3 Å². The van der Waals surface area contributed by atoms with Gasteiger partial charge in [0.1, 0.15) is 6.04 Å². The quantitative estimate of drug-likeness (QED) is 0.458. The molecular weight excluding hydrogens is 302 g/mol. The maximum Gasteiger partial charge on any atom is 0.329 e. The van der Waals surface area contributed by atoms with Crippen molar-refractivity contribution in [2.75, 3.05) is 17.9 Å². The molecule has 0 heterocycles. The van der Waals surface area contributed by atoms with E-state index in [1.807, 2.05) is 32.0 Å². The molecule has 0 spiro atoms. The van der Waals surface area contributed by atoms with Gasteiger partial charge in [-0.1, -0.05) is 24.3 Å². The molecule has 0 saturated carbocycles. The smallest absolute Gasteiger partial charge is 0.329 e. The minimum Gasteiger partial charge on any atom is -0.467 e. The summed E-state index contributed by atoms with van der Waals surface area (Å²) in [5, 5.41) is 0. The Bertz CT molecular complexity index is 549. The Kier molecular flexibility index (Phi) is 7.12. The lowest BCUT2D eigenvalue weighted by Crippen LogP contribution is -2.46. The first-order valence-electron chi connectivity index (χ1n) is 7.13. The summed E-state index contributed by atoms with van der Waals surface area (Å²) in [6.07, 6.45) is 3.42. The number of ether oxygens (including phenoxy) is 1. The van der Waals surface area contributed by atoms with Crippen molar-refractivity contribution in [3.8, 4) is 0 Å². The molecule has 5 heteroatoms. The second-order valence-corrected chi connectivity index (χ2v) is 5.34. The number of nitrogens with zero attached hydrogens (tertiary/aromatic N) is 1. The number of alkyl halides is 1. The predicted molar refractivity (Wildman–Crippen MR) is 89.4 cm³/mol. The van der Waals surface area contributed by atoms with Crippen LogP contribution in [0.5, 0.6) is 0 Å². The summed E-state index contributed by atoms with van der Waals surface area (Å²) >= 11 is 5.83. The van der Waals surface area contributed by atoms with E-state index in [9.17, 15) is 9.59 Å². The molecule has 0 aromatic heterocycles. The van der Waals surface area contributed by atoms with Gasteiger partial charge in [-0.2, -0.15) is 0 Å². The molecule has 1 atom stereocenters. The number of hydrogen-bond acceptors (Lipinski definition) is 3. The highest BCUT2D eigenvalue weighted by atomic mass is 35.5. The number of methoxy groups -OCH3 is 1. The Balaban J connectivity index is 3.46. The lowest BCUT2D eigenvalue weighted by atomic mass is 10.0. The number of halogens is 1. The average Bonchev–Trinajstić information content (AvgIpc) is 2.48. The van der Waals surface area contributed by atoms with Gasteiger partial charge in [-0.05, 0) is 44.4 Å². The van der Waals surface area contributed by atoms with Gasteiger partial charge in [-0.25, -0.2) is 4.79 Å². The molecule has 0 radical (unpaired) electrons. The van der Waals surface area contributed by atoms with E-state index in [-0.39, 0.29) is 11.8 Å². The Morgan fingerprint density at radius 1 is 1.32 bits per heavy atom. The number of allylic oxidation sites excluding steroid dienone is 1. The highest BCUT2D eigenvalue weighted by Crippen LogP contribution is 2.28. The van der Waals surface area contributed by atoms with E-state index in [2.05, 4.69) is 0 Å². The van der Waals surface area contributed by atoms with Gasteiger partial charge in [0.25, 0.3) is 5.91 Å². The fourth-order valence-corrected chi connectivity index (χ4v) is 2.63. The average molecular weight is 324 g/mol. The normalized spacial score (nSPS) is 12.2. The zero-order valence-corrected chi connectivity index (χ0v) is 14.2. The van der Waals surface area contributed by atoms with Gasteiger partial charge in [0, 0.05) is 5.88 Å². The summed E-state index contributed by atoms with van der Waals surface area (Å²) in [5.41, 5.74) is 2.56. The zero-order chi connectivity index (χ0) is 16.7. The monoisotopic (exact) mass is 323 g/mol. The first-order valence-corrected chi connectivity index (χ1v) is 7.67. The number of hydrogen-bond donors (Lipinski definition) is 0. The number of rotatable bonds is 6. The number of benzene rings is 1. The molecule has 120 valence electrons. The number of para-hydroxylation sites is 1. The van der Waals surface area contributed by atoms with Gasteiger partial charge < -0.3 is 4.74 Å². The van der Waals surface area contributed by atoms with Gasteiger partial charge in [-0.15, -0.1) is 11.6 Å². The molecule has 1 amide bonds. The Labute approximate surface area is 136 Å². The zero-order valence-electron chi connectivity index (χ0n) is 13.4. The van der Waals surface area contributed by atoms with Crippen LogP contribution < -0.4 is 4.90 Å². The molecule has 1 rings (SSSR count). The lowest BCUT2D eigenvalue weighted by molar-refractivity contribution is -0.143. The van der Waals surface area contributed by atoms with E-state index >= 15 is 0 Å². The maximum absolute atomic E-state index is 12.6. The molecule has 1 unspecified atom stereocenters. The summed E-state index contributed by atoms with van der Waals surface area (Å²) in [6.45, 7) is 5.58.